The zero-order chi connectivity index (χ0) is 22.0. The van der Waals surface area contributed by atoms with E-state index < -0.39 is 29.6 Å². The molecule has 2 aromatic rings. The van der Waals surface area contributed by atoms with Crippen molar-refractivity contribution in [3.8, 4) is 5.75 Å². The lowest BCUT2D eigenvalue weighted by molar-refractivity contribution is -0.129. The maximum atomic E-state index is 13.4. The third kappa shape index (κ3) is 4.50. The molecule has 0 unspecified atom stereocenters. The Balaban J connectivity index is 1.80. The van der Waals surface area contributed by atoms with Gasteiger partial charge in [-0.25, -0.2) is 9.18 Å². The summed E-state index contributed by atoms with van der Waals surface area (Å²) >= 11 is 6.21. The third-order valence-corrected chi connectivity index (χ3v) is 5.56. The highest BCUT2D eigenvalue weighted by Gasteiger charge is 2.38. The normalized spacial score (nSPS) is 16.1. The first-order chi connectivity index (χ1) is 14.2. The van der Waals surface area contributed by atoms with E-state index in [0.717, 1.165) is 22.7 Å². The van der Waals surface area contributed by atoms with Crippen molar-refractivity contribution in [2.45, 2.75) is 13.0 Å². The van der Waals surface area contributed by atoms with E-state index in [1.165, 1.54) is 43.3 Å². The number of hydrogen-bond donors (Lipinski definition) is 3. The molecule has 0 bridgehead atoms. The second-order valence-corrected chi connectivity index (χ2v) is 7.98. The zero-order valence-electron chi connectivity index (χ0n) is 15.5. The summed E-state index contributed by atoms with van der Waals surface area (Å²) in [6, 6.07) is 8.13. The molecule has 1 aliphatic rings. The van der Waals surface area contributed by atoms with Crippen LogP contribution in [0.2, 0.25) is 0 Å². The molecule has 3 N–H and O–H groups in total. The van der Waals surface area contributed by atoms with E-state index in [9.17, 15) is 29.0 Å². The maximum absolute atomic E-state index is 13.4. The second-order valence-electron chi connectivity index (χ2n) is 6.31. The highest BCUT2D eigenvalue weighted by atomic mass is 32.2. The van der Waals surface area contributed by atoms with Gasteiger partial charge >= 0.3 is 5.97 Å². The summed E-state index contributed by atoms with van der Waals surface area (Å²) in [5.74, 6) is -3.22. The van der Waals surface area contributed by atoms with Crippen molar-refractivity contribution in [3.05, 3.63) is 64.3 Å². The fourth-order valence-electron chi connectivity index (χ4n) is 2.73. The largest absolute Gasteiger partial charge is 0.508 e. The average molecular weight is 446 g/mol. The number of phenolic OH excluding ortho intramolecular Hbond substituents is 1. The van der Waals surface area contributed by atoms with Gasteiger partial charge in [0.25, 0.3) is 5.91 Å². The number of carboxylic acids is 1. The van der Waals surface area contributed by atoms with Gasteiger partial charge in [-0.15, -0.1) is 0 Å². The standard InChI is InChI=1S/C20H15FN2O5S2/c1-10(17(25)22-15-6-5-13(24)9-14(15)19(27)28)23-18(26)16(30-20(23)29)8-11-3-2-4-12(21)7-11/h2-10,24H,1H3,(H,22,25)(H,27,28)/b16-8-/t10-/m0/s1. The lowest BCUT2D eigenvalue weighted by atomic mass is 10.1. The van der Waals surface area contributed by atoms with Crippen LogP contribution in [0.4, 0.5) is 10.1 Å². The number of aromatic carboxylic acids is 1. The van der Waals surface area contributed by atoms with Crippen LogP contribution in [0, 0.1) is 5.82 Å². The quantitative estimate of drug-likeness (QED) is 0.367. The van der Waals surface area contributed by atoms with Crippen molar-refractivity contribution in [1.29, 1.82) is 0 Å². The number of nitrogens with one attached hydrogen (secondary N) is 1. The lowest BCUT2D eigenvalue weighted by Gasteiger charge is -2.22. The molecule has 154 valence electrons. The first-order valence-corrected chi connectivity index (χ1v) is 9.79. The summed E-state index contributed by atoms with van der Waals surface area (Å²) in [5.41, 5.74) is 0.146. The van der Waals surface area contributed by atoms with E-state index in [-0.39, 0.29) is 26.2 Å². The second kappa shape index (κ2) is 8.64. The summed E-state index contributed by atoms with van der Waals surface area (Å²) in [7, 11) is 0. The molecule has 0 spiro atoms. The highest BCUT2D eigenvalue weighted by molar-refractivity contribution is 8.26. The molecule has 1 atom stereocenters. The van der Waals surface area contributed by atoms with Crippen LogP contribution in [-0.4, -0.2) is 43.3 Å². The molecular weight excluding hydrogens is 431 g/mol. The Labute approximate surface area is 180 Å². The van der Waals surface area contributed by atoms with Crippen molar-refractivity contribution >= 4 is 57.8 Å². The van der Waals surface area contributed by atoms with Gasteiger partial charge in [0.2, 0.25) is 5.91 Å². The highest BCUT2D eigenvalue weighted by Crippen LogP contribution is 2.34. The molecule has 1 aliphatic heterocycles. The molecule has 0 aliphatic carbocycles. The molecule has 1 saturated heterocycles. The number of nitrogens with zero attached hydrogens (tertiary/aromatic N) is 1. The van der Waals surface area contributed by atoms with E-state index in [2.05, 4.69) is 5.32 Å². The first kappa shape index (κ1) is 21.5. The molecule has 2 aromatic carbocycles. The zero-order valence-corrected chi connectivity index (χ0v) is 17.1. The number of carbonyl (C=O) groups is 3. The number of aromatic hydroxyl groups is 1. The number of phenols is 1. The number of hydrogen-bond acceptors (Lipinski definition) is 6. The average Bonchev–Trinajstić information content (AvgIpc) is 2.95. The van der Waals surface area contributed by atoms with Gasteiger partial charge in [-0.1, -0.05) is 36.1 Å². The van der Waals surface area contributed by atoms with Gasteiger partial charge in [-0.3, -0.25) is 14.5 Å². The Hall–Kier alpha value is -3.24. The molecule has 0 aromatic heterocycles. The number of amides is 2. The van der Waals surface area contributed by atoms with E-state index in [0.29, 0.717) is 5.56 Å². The fraction of sp³-hybridized carbons (Fsp3) is 0.100. The van der Waals surface area contributed by atoms with E-state index in [1.807, 2.05) is 0 Å². The van der Waals surface area contributed by atoms with Crippen LogP contribution in [-0.2, 0) is 9.59 Å². The number of benzene rings is 2. The van der Waals surface area contributed by atoms with Gasteiger partial charge in [0.05, 0.1) is 16.2 Å². The van der Waals surface area contributed by atoms with Crippen LogP contribution in [0.5, 0.6) is 5.75 Å². The van der Waals surface area contributed by atoms with Gasteiger partial charge in [0, 0.05) is 0 Å². The van der Waals surface area contributed by atoms with Gasteiger partial charge < -0.3 is 15.5 Å². The molecule has 10 heteroatoms. The molecule has 3 rings (SSSR count). The Kier molecular flexibility index (Phi) is 6.18. The maximum Gasteiger partial charge on any atom is 0.337 e. The van der Waals surface area contributed by atoms with Crippen LogP contribution in [0.25, 0.3) is 6.08 Å². The predicted molar refractivity (Wildman–Crippen MR) is 115 cm³/mol. The predicted octanol–water partition coefficient (Wildman–Crippen LogP) is 3.46. The minimum absolute atomic E-state index is 0.0297. The van der Waals surface area contributed by atoms with Crippen molar-refractivity contribution in [3.63, 3.8) is 0 Å². The molecule has 0 saturated carbocycles. The Morgan fingerprint density at radius 2 is 2.00 bits per heavy atom. The van der Waals surface area contributed by atoms with Crippen molar-refractivity contribution in [2.24, 2.45) is 0 Å². The fourth-order valence-corrected chi connectivity index (χ4v) is 4.15. The topological polar surface area (TPSA) is 107 Å². The molecule has 2 amide bonds. The smallest absolute Gasteiger partial charge is 0.337 e. The van der Waals surface area contributed by atoms with Gasteiger partial charge in [-0.2, -0.15) is 0 Å². The first-order valence-electron chi connectivity index (χ1n) is 8.57. The summed E-state index contributed by atoms with van der Waals surface area (Å²) in [6.45, 7) is 1.45. The summed E-state index contributed by atoms with van der Waals surface area (Å²) in [6.07, 6.45) is 1.48. The lowest BCUT2D eigenvalue weighted by Crippen LogP contribution is -2.44. The summed E-state index contributed by atoms with van der Waals surface area (Å²) in [5, 5.41) is 21.2. The van der Waals surface area contributed by atoms with Crippen molar-refractivity contribution < 1.29 is 29.0 Å². The number of rotatable bonds is 5. The van der Waals surface area contributed by atoms with Gasteiger partial charge in [0.1, 0.15) is 21.9 Å². The number of anilines is 1. The minimum Gasteiger partial charge on any atom is -0.508 e. The Morgan fingerprint density at radius 3 is 2.67 bits per heavy atom. The Morgan fingerprint density at radius 1 is 1.27 bits per heavy atom. The Bertz CT molecular complexity index is 1100. The van der Waals surface area contributed by atoms with Crippen molar-refractivity contribution in [2.75, 3.05) is 5.32 Å². The van der Waals surface area contributed by atoms with Crippen molar-refractivity contribution in [1.82, 2.24) is 4.90 Å². The van der Waals surface area contributed by atoms with E-state index in [1.54, 1.807) is 6.07 Å². The van der Waals surface area contributed by atoms with Crippen LogP contribution in [0.15, 0.2) is 47.4 Å². The van der Waals surface area contributed by atoms with Crippen LogP contribution in [0.1, 0.15) is 22.8 Å². The van der Waals surface area contributed by atoms with Crippen LogP contribution >= 0.6 is 24.0 Å². The van der Waals surface area contributed by atoms with E-state index >= 15 is 0 Å². The van der Waals surface area contributed by atoms with Gasteiger partial charge in [0.15, 0.2) is 0 Å². The van der Waals surface area contributed by atoms with Crippen LogP contribution < -0.4 is 5.32 Å². The minimum atomic E-state index is -1.34. The molecule has 1 fully saturated rings. The number of halogens is 1. The molecular formula is C20H15FN2O5S2. The number of thioether (sulfide) groups is 1. The molecule has 1 heterocycles. The summed E-state index contributed by atoms with van der Waals surface area (Å²) < 4.78 is 13.5. The van der Waals surface area contributed by atoms with Crippen LogP contribution in [0.3, 0.4) is 0 Å². The molecule has 7 nitrogen and oxygen atoms in total. The number of thiocarbonyl (C=S) groups is 1. The SMILES string of the molecule is C[C@@H](C(=O)Nc1ccc(O)cc1C(=O)O)N1C(=O)/C(=C/c2cccc(F)c2)SC1=S. The van der Waals surface area contributed by atoms with Gasteiger partial charge in [-0.05, 0) is 48.9 Å². The monoisotopic (exact) mass is 446 g/mol. The number of carboxylic acid groups (broad SMARTS) is 1. The molecule has 0 radical (unpaired) electrons. The molecule has 30 heavy (non-hydrogen) atoms. The summed E-state index contributed by atoms with van der Waals surface area (Å²) in [4.78, 5) is 38.1. The third-order valence-electron chi connectivity index (χ3n) is 4.23. The number of carbonyl (C=O) groups excluding carboxylic acids is 2. The van der Waals surface area contributed by atoms with E-state index in [4.69, 9.17) is 12.2 Å².